The summed E-state index contributed by atoms with van der Waals surface area (Å²) in [4.78, 5) is 2.10. The number of aliphatic hydroxyl groups is 1. The van der Waals surface area contributed by atoms with Gasteiger partial charge in [0.25, 0.3) is 0 Å². The van der Waals surface area contributed by atoms with Gasteiger partial charge in [-0.1, -0.05) is 11.6 Å². The normalized spacial score (nSPS) is 10.4. The van der Waals surface area contributed by atoms with Crippen molar-refractivity contribution in [2.45, 2.75) is 26.3 Å². The molecule has 17 heavy (non-hydrogen) atoms. The van der Waals surface area contributed by atoms with Crippen LogP contribution in [-0.4, -0.2) is 24.3 Å². The van der Waals surface area contributed by atoms with Gasteiger partial charge < -0.3 is 10.0 Å². The summed E-state index contributed by atoms with van der Waals surface area (Å²) in [6.45, 7) is 5.00. The first-order chi connectivity index (χ1) is 8.10. The molecule has 0 saturated heterocycles. The molecule has 0 spiro atoms. The lowest BCUT2D eigenvalue weighted by atomic mass is 10.1. The van der Waals surface area contributed by atoms with Crippen molar-refractivity contribution in [2.24, 2.45) is 0 Å². The van der Waals surface area contributed by atoms with Gasteiger partial charge in [-0.15, -0.1) is 0 Å². The Bertz CT molecular complexity index is 412. The van der Waals surface area contributed by atoms with Crippen LogP contribution in [0.5, 0.6) is 0 Å². The van der Waals surface area contributed by atoms with Crippen LogP contribution in [-0.2, 0) is 0 Å². The molecule has 1 rings (SSSR count). The quantitative estimate of drug-likeness (QED) is 0.877. The number of aliphatic hydroxyl groups excluding tert-OH is 1. The molecule has 0 unspecified atom stereocenters. The third-order valence-electron chi connectivity index (χ3n) is 2.57. The molecule has 0 atom stereocenters. The smallest absolute Gasteiger partial charge is 0.101 e. The van der Waals surface area contributed by atoms with E-state index in [0.717, 1.165) is 12.2 Å². The fraction of sp³-hybridized carbons (Fsp3) is 0.462. The molecule has 1 aromatic carbocycles. The maximum atomic E-state index is 9.11. The van der Waals surface area contributed by atoms with Crippen molar-refractivity contribution in [1.82, 2.24) is 0 Å². The van der Waals surface area contributed by atoms with Crippen molar-refractivity contribution in [3.05, 3.63) is 28.8 Å². The van der Waals surface area contributed by atoms with Gasteiger partial charge in [-0.3, -0.25) is 0 Å². The Kier molecular flexibility index (Phi) is 5.27. The van der Waals surface area contributed by atoms with Gasteiger partial charge in [-0.2, -0.15) is 5.26 Å². The van der Waals surface area contributed by atoms with Crippen LogP contribution in [0, 0.1) is 11.3 Å². The number of nitrogens with zero attached hydrogens (tertiary/aromatic N) is 2. The van der Waals surface area contributed by atoms with E-state index < -0.39 is 0 Å². The highest BCUT2D eigenvalue weighted by atomic mass is 35.5. The molecule has 1 N–H and O–H groups in total. The average molecular weight is 253 g/mol. The Labute approximate surface area is 107 Å². The predicted molar refractivity (Wildman–Crippen MR) is 70.4 cm³/mol. The number of anilines is 1. The SMILES string of the molecule is CC(C)N(CCCO)c1ccc(Cl)cc1C#N. The molecule has 0 bridgehead atoms. The summed E-state index contributed by atoms with van der Waals surface area (Å²) in [5.41, 5.74) is 1.45. The van der Waals surface area contributed by atoms with Crippen molar-refractivity contribution in [3.8, 4) is 6.07 Å². The van der Waals surface area contributed by atoms with Crippen LogP contribution < -0.4 is 4.90 Å². The summed E-state index contributed by atoms with van der Waals surface area (Å²) >= 11 is 5.87. The topological polar surface area (TPSA) is 47.3 Å². The lowest BCUT2D eigenvalue weighted by Crippen LogP contribution is -2.32. The van der Waals surface area contributed by atoms with Crippen LogP contribution in [0.4, 0.5) is 5.69 Å². The zero-order valence-corrected chi connectivity index (χ0v) is 10.9. The predicted octanol–water partition coefficient (Wildman–Crippen LogP) is 2.81. The zero-order chi connectivity index (χ0) is 12.8. The number of rotatable bonds is 5. The molecule has 0 aliphatic rings. The third-order valence-corrected chi connectivity index (χ3v) is 2.80. The van der Waals surface area contributed by atoms with Crippen molar-refractivity contribution in [1.29, 1.82) is 5.26 Å². The summed E-state index contributed by atoms with van der Waals surface area (Å²) in [5.74, 6) is 0. The minimum absolute atomic E-state index is 0.151. The molecule has 4 heteroatoms. The van der Waals surface area contributed by atoms with E-state index in [1.54, 1.807) is 12.1 Å². The fourth-order valence-electron chi connectivity index (χ4n) is 1.75. The minimum Gasteiger partial charge on any atom is -0.396 e. The van der Waals surface area contributed by atoms with E-state index in [2.05, 4.69) is 24.8 Å². The van der Waals surface area contributed by atoms with Gasteiger partial charge >= 0.3 is 0 Å². The number of hydrogen-bond donors (Lipinski definition) is 1. The van der Waals surface area contributed by atoms with E-state index >= 15 is 0 Å². The first kappa shape index (κ1) is 13.8. The lowest BCUT2D eigenvalue weighted by Gasteiger charge is -2.29. The lowest BCUT2D eigenvalue weighted by molar-refractivity contribution is 0.288. The van der Waals surface area contributed by atoms with E-state index in [-0.39, 0.29) is 12.6 Å². The molecule has 0 aliphatic carbocycles. The molecule has 0 aromatic heterocycles. The van der Waals surface area contributed by atoms with Gasteiger partial charge in [0, 0.05) is 24.2 Å². The van der Waals surface area contributed by atoms with E-state index in [9.17, 15) is 0 Å². The van der Waals surface area contributed by atoms with Crippen molar-refractivity contribution in [2.75, 3.05) is 18.1 Å². The van der Waals surface area contributed by atoms with Crippen LogP contribution in [0.2, 0.25) is 5.02 Å². The summed E-state index contributed by atoms with van der Waals surface area (Å²) in [6, 6.07) is 7.75. The molecule has 0 aliphatic heterocycles. The molecule has 0 fully saturated rings. The van der Waals surface area contributed by atoms with Gasteiger partial charge in [-0.25, -0.2) is 0 Å². The second kappa shape index (κ2) is 6.48. The van der Waals surface area contributed by atoms with Gasteiger partial charge in [0.05, 0.1) is 11.3 Å². The van der Waals surface area contributed by atoms with E-state index in [4.69, 9.17) is 22.0 Å². The summed E-state index contributed by atoms with van der Waals surface area (Å²) in [7, 11) is 0. The minimum atomic E-state index is 0.151. The Morgan fingerprint density at radius 3 is 2.71 bits per heavy atom. The van der Waals surface area contributed by atoms with Crippen LogP contribution in [0.25, 0.3) is 0 Å². The molecule has 3 nitrogen and oxygen atoms in total. The number of nitriles is 1. The first-order valence-electron chi connectivity index (χ1n) is 5.67. The number of benzene rings is 1. The Morgan fingerprint density at radius 2 is 2.18 bits per heavy atom. The van der Waals surface area contributed by atoms with E-state index in [1.807, 2.05) is 6.07 Å². The Balaban J connectivity index is 3.05. The maximum Gasteiger partial charge on any atom is 0.101 e. The van der Waals surface area contributed by atoms with E-state index in [0.29, 0.717) is 17.0 Å². The summed E-state index contributed by atoms with van der Waals surface area (Å²) < 4.78 is 0. The number of halogens is 1. The molecule has 0 amide bonds. The average Bonchev–Trinajstić information content (AvgIpc) is 2.30. The van der Waals surface area contributed by atoms with Crippen LogP contribution in [0.1, 0.15) is 25.8 Å². The molecular weight excluding hydrogens is 236 g/mol. The highest BCUT2D eigenvalue weighted by molar-refractivity contribution is 6.30. The molecular formula is C13H17ClN2O. The Hall–Kier alpha value is -1.24. The van der Waals surface area contributed by atoms with E-state index in [1.165, 1.54) is 0 Å². The van der Waals surface area contributed by atoms with Crippen LogP contribution >= 0.6 is 11.6 Å². The summed E-state index contributed by atoms with van der Waals surface area (Å²) in [5, 5.41) is 18.6. The van der Waals surface area contributed by atoms with Gasteiger partial charge in [0.15, 0.2) is 0 Å². The van der Waals surface area contributed by atoms with Gasteiger partial charge in [0.1, 0.15) is 6.07 Å². The first-order valence-corrected chi connectivity index (χ1v) is 6.05. The molecule has 0 heterocycles. The highest BCUT2D eigenvalue weighted by Gasteiger charge is 2.14. The molecule has 1 aromatic rings. The maximum absolute atomic E-state index is 9.11. The third kappa shape index (κ3) is 3.62. The standard InChI is InChI=1S/C13H17ClN2O/c1-10(2)16(6-3-7-17)13-5-4-12(14)8-11(13)9-15/h4-5,8,10,17H,3,6-7H2,1-2H3. The highest BCUT2D eigenvalue weighted by Crippen LogP contribution is 2.25. The summed E-state index contributed by atoms with van der Waals surface area (Å²) in [6.07, 6.45) is 0.686. The molecule has 0 saturated carbocycles. The second-order valence-corrected chi connectivity index (χ2v) is 4.57. The number of hydrogen-bond acceptors (Lipinski definition) is 3. The van der Waals surface area contributed by atoms with Crippen molar-refractivity contribution >= 4 is 17.3 Å². The Morgan fingerprint density at radius 1 is 1.47 bits per heavy atom. The van der Waals surface area contributed by atoms with Gasteiger partial charge in [0.2, 0.25) is 0 Å². The largest absolute Gasteiger partial charge is 0.396 e. The zero-order valence-electron chi connectivity index (χ0n) is 10.2. The molecule has 92 valence electrons. The van der Waals surface area contributed by atoms with Crippen LogP contribution in [0.3, 0.4) is 0 Å². The molecule has 0 radical (unpaired) electrons. The second-order valence-electron chi connectivity index (χ2n) is 4.14. The fourth-order valence-corrected chi connectivity index (χ4v) is 1.92. The monoisotopic (exact) mass is 252 g/mol. The van der Waals surface area contributed by atoms with Crippen molar-refractivity contribution in [3.63, 3.8) is 0 Å². The van der Waals surface area contributed by atoms with Crippen molar-refractivity contribution < 1.29 is 5.11 Å². The van der Waals surface area contributed by atoms with Gasteiger partial charge in [-0.05, 0) is 38.5 Å². The van der Waals surface area contributed by atoms with Crippen LogP contribution in [0.15, 0.2) is 18.2 Å².